The van der Waals surface area contributed by atoms with Gasteiger partial charge in [0.15, 0.2) is 0 Å². The lowest BCUT2D eigenvalue weighted by Gasteiger charge is -2.21. The summed E-state index contributed by atoms with van der Waals surface area (Å²) in [5, 5.41) is 9.82. The monoisotopic (exact) mass is 285 g/mol. The first-order valence-corrected chi connectivity index (χ1v) is 7.18. The van der Waals surface area contributed by atoms with Crippen LogP contribution in [0.5, 0.6) is 0 Å². The lowest BCUT2D eigenvalue weighted by molar-refractivity contribution is -0.139. The average molecular weight is 285 g/mol. The highest BCUT2D eigenvalue weighted by molar-refractivity contribution is 5.85. The van der Waals surface area contributed by atoms with E-state index in [0.29, 0.717) is 13.2 Å². The van der Waals surface area contributed by atoms with E-state index in [-0.39, 0.29) is 5.91 Å². The molecule has 0 saturated carbocycles. The van der Waals surface area contributed by atoms with Gasteiger partial charge in [0, 0.05) is 19.3 Å². The molecular formula is C16H19N3O2. The summed E-state index contributed by atoms with van der Waals surface area (Å²) < 4.78 is 5.54. The van der Waals surface area contributed by atoms with Crippen LogP contribution in [0.1, 0.15) is 25.3 Å². The Morgan fingerprint density at radius 1 is 1.38 bits per heavy atom. The number of hydrogen-bond donors (Lipinski definition) is 2. The van der Waals surface area contributed by atoms with Gasteiger partial charge in [-0.15, -0.1) is 0 Å². The van der Waals surface area contributed by atoms with Crippen LogP contribution in [0, 0.1) is 0 Å². The molecule has 2 heterocycles. The topological polar surface area (TPSA) is 67.0 Å². The molecule has 1 unspecified atom stereocenters. The number of amides is 1. The number of carbonyl (C=O) groups excluding carboxylic acids is 1. The fourth-order valence-corrected chi connectivity index (χ4v) is 2.55. The maximum Gasteiger partial charge on any atom is 0.252 e. The molecule has 0 radical (unpaired) electrons. The van der Waals surface area contributed by atoms with Crippen molar-refractivity contribution in [2.45, 2.75) is 31.9 Å². The molecule has 1 saturated heterocycles. The van der Waals surface area contributed by atoms with Crippen LogP contribution in [0.2, 0.25) is 0 Å². The summed E-state index contributed by atoms with van der Waals surface area (Å²) in [7, 11) is 0. The molecule has 0 aliphatic carbocycles. The molecule has 110 valence electrons. The summed E-state index contributed by atoms with van der Waals surface area (Å²) in [5.74, 6) is -0.0300. The van der Waals surface area contributed by atoms with Crippen molar-refractivity contribution in [3.63, 3.8) is 0 Å². The normalized spacial score (nSPS) is 21.4. The highest BCUT2D eigenvalue weighted by atomic mass is 16.5. The number of hydrogen-bond acceptors (Lipinski definition) is 3. The molecule has 0 spiro atoms. The summed E-state index contributed by atoms with van der Waals surface area (Å²) >= 11 is 0. The SMILES string of the molecule is CC1(C(=O)NCc2ccc(-c3ccn[nH]3)cc2)CCCO1. The van der Waals surface area contributed by atoms with Crippen molar-refractivity contribution < 1.29 is 9.53 Å². The molecule has 21 heavy (non-hydrogen) atoms. The van der Waals surface area contributed by atoms with Gasteiger partial charge in [-0.3, -0.25) is 9.89 Å². The first-order chi connectivity index (χ1) is 10.2. The molecule has 1 aromatic carbocycles. The van der Waals surface area contributed by atoms with Gasteiger partial charge in [-0.25, -0.2) is 0 Å². The maximum atomic E-state index is 12.1. The van der Waals surface area contributed by atoms with E-state index in [4.69, 9.17) is 4.74 Å². The predicted octanol–water partition coefficient (Wildman–Crippen LogP) is 2.26. The van der Waals surface area contributed by atoms with Crippen molar-refractivity contribution in [3.8, 4) is 11.3 Å². The van der Waals surface area contributed by atoms with E-state index >= 15 is 0 Å². The van der Waals surface area contributed by atoms with Crippen molar-refractivity contribution >= 4 is 5.91 Å². The van der Waals surface area contributed by atoms with E-state index in [1.165, 1.54) is 0 Å². The molecule has 2 aromatic rings. The van der Waals surface area contributed by atoms with Gasteiger partial charge in [-0.05, 0) is 37.0 Å². The second kappa shape index (κ2) is 5.69. The van der Waals surface area contributed by atoms with Crippen LogP contribution in [0.4, 0.5) is 0 Å². The molecule has 1 aliphatic rings. The van der Waals surface area contributed by atoms with Crippen molar-refractivity contribution in [3.05, 3.63) is 42.1 Å². The second-order valence-corrected chi connectivity index (χ2v) is 5.53. The molecule has 3 rings (SSSR count). The number of rotatable bonds is 4. The van der Waals surface area contributed by atoms with Gasteiger partial charge >= 0.3 is 0 Å². The Hall–Kier alpha value is -2.14. The minimum Gasteiger partial charge on any atom is -0.365 e. The minimum absolute atomic E-state index is 0.0300. The van der Waals surface area contributed by atoms with Crippen molar-refractivity contribution in [2.24, 2.45) is 0 Å². The first kappa shape index (κ1) is 13.8. The molecule has 1 atom stereocenters. The summed E-state index contributed by atoms with van der Waals surface area (Å²) in [6.45, 7) is 3.04. The zero-order chi connectivity index (χ0) is 14.7. The molecule has 2 N–H and O–H groups in total. The number of benzene rings is 1. The van der Waals surface area contributed by atoms with Gasteiger partial charge in [0.2, 0.25) is 0 Å². The molecule has 0 bridgehead atoms. The highest BCUT2D eigenvalue weighted by Crippen LogP contribution is 2.25. The van der Waals surface area contributed by atoms with E-state index < -0.39 is 5.60 Å². The first-order valence-electron chi connectivity index (χ1n) is 7.18. The Morgan fingerprint density at radius 3 is 2.81 bits per heavy atom. The quantitative estimate of drug-likeness (QED) is 0.905. The van der Waals surface area contributed by atoms with Gasteiger partial charge < -0.3 is 10.1 Å². The third-order valence-corrected chi connectivity index (χ3v) is 3.92. The smallest absolute Gasteiger partial charge is 0.252 e. The van der Waals surface area contributed by atoms with Crippen LogP contribution in [-0.4, -0.2) is 28.3 Å². The van der Waals surface area contributed by atoms with Gasteiger partial charge in [0.25, 0.3) is 5.91 Å². The standard InChI is InChI=1S/C16H19N3O2/c1-16(8-2-10-21-16)15(20)17-11-12-3-5-13(6-4-12)14-7-9-18-19-14/h3-7,9H,2,8,10-11H2,1H3,(H,17,20)(H,18,19). The van der Waals surface area contributed by atoms with E-state index in [1.807, 2.05) is 37.3 Å². The van der Waals surface area contributed by atoms with Gasteiger partial charge in [0.05, 0.1) is 5.69 Å². The van der Waals surface area contributed by atoms with Crippen LogP contribution in [0.25, 0.3) is 11.3 Å². The Labute approximate surface area is 123 Å². The fraction of sp³-hybridized carbons (Fsp3) is 0.375. The Bertz CT molecular complexity index is 599. The molecule has 5 heteroatoms. The summed E-state index contributed by atoms with van der Waals surface area (Å²) in [6, 6.07) is 9.98. The molecule has 5 nitrogen and oxygen atoms in total. The summed E-state index contributed by atoms with van der Waals surface area (Å²) in [6.07, 6.45) is 3.46. The van der Waals surface area contributed by atoms with Crippen molar-refractivity contribution in [1.82, 2.24) is 15.5 Å². The number of aromatic amines is 1. The fourth-order valence-electron chi connectivity index (χ4n) is 2.55. The van der Waals surface area contributed by atoms with E-state index in [2.05, 4.69) is 15.5 Å². The van der Waals surface area contributed by atoms with Crippen LogP contribution >= 0.6 is 0 Å². The van der Waals surface area contributed by atoms with Crippen LogP contribution < -0.4 is 5.32 Å². The lowest BCUT2D eigenvalue weighted by atomic mass is 10.0. The van der Waals surface area contributed by atoms with Crippen molar-refractivity contribution in [1.29, 1.82) is 0 Å². The van der Waals surface area contributed by atoms with Crippen LogP contribution in [0.3, 0.4) is 0 Å². The largest absolute Gasteiger partial charge is 0.365 e. The molecule has 1 fully saturated rings. The highest BCUT2D eigenvalue weighted by Gasteiger charge is 2.37. The molecular weight excluding hydrogens is 266 g/mol. The van der Waals surface area contributed by atoms with E-state index in [0.717, 1.165) is 29.7 Å². The third kappa shape index (κ3) is 2.97. The molecule has 1 amide bonds. The number of H-pyrrole nitrogens is 1. The number of nitrogens with zero attached hydrogens (tertiary/aromatic N) is 1. The number of ether oxygens (including phenoxy) is 1. The third-order valence-electron chi connectivity index (χ3n) is 3.92. The van der Waals surface area contributed by atoms with Gasteiger partial charge in [-0.2, -0.15) is 5.10 Å². The van der Waals surface area contributed by atoms with E-state index in [1.54, 1.807) is 6.20 Å². The van der Waals surface area contributed by atoms with E-state index in [9.17, 15) is 4.79 Å². The number of carbonyl (C=O) groups is 1. The predicted molar refractivity (Wildman–Crippen MR) is 79.5 cm³/mol. The maximum absolute atomic E-state index is 12.1. The lowest BCUT2D eigenvalue weighted by Crippen LogP contribution is -2.43. The van der Waals surface area contributed by atoms with Crippen LogP contribution in [0.15, 0.2) is 36.5 Å². The average Bonchev–Trinajstić information content (AvgIpc) is 3.17. The molecule has 1 aliphatic heterocycles. The Morgan fingerprint density at radius 2 is 2.19 bits per heavy atom. The number of nitrogens with one attached hydrogen (secondary N) is 2. The molecule has 1 aromatic heterocycles. The van der Waals surface area contributed by atoms with Gasteiger partial charge in [-0.1, -0.05) is 24.3 Å². The Balaban J connectivity index is 1.60. The van der Waals surface area contributed by atoms with Crippen molar-refractivity contribution in [2.75, 3.05) is 6.61 Å². The zero-order valence-electron chi connectivity index (χ0n) is 12.1. The zero-order valence-corrected chi connectivity index (χ0v) is 12.1. The van der Waals surface area contributed by atoms with Gasteiger partial charge in [0.1, 0.15) is 5.60 Å². The summed E-state index contributed by atoms with van der Waals surface area (Å²) in [4.78, 5) is 12.1. The van der Waals surface area contributed by atoms with Crippen LogP contribution in [-0.2, 0) is 16.1 Å². The minimum atomic E-state index is -0.657. The summed E-state index contributed by atoms with van der Waals surface area (Å²) in [5.41, 5.74) is 2.47. The Kier molecular flexibility index (Phi) is 3.75. The number of aromatic nitrogens is 2. The second-order valence-electron chi connectivity index (χ2n) is 5.53.